The van der Waals surface area contributed by atoms with Crippen LogP contribution in [0.15, 0.2) is 60.9 Å². The van der Waals surface area contributed by atoms with Crippen molar-refractivity contribution >= 4 is 27.1 Å². The highest BCUT2D eigenvalue weighted by atomic mass is 32.3. The van der Waals surface area contributed by atoms with Gasteiger partial charge in [-0.15, -0.1) is 8.42 Å². The summed E-state index contributed by atoms with van der Waals surface area (Å²) in [5.41, 5.74) is 1.33. The Labute approximate surface area is 142 Å². The van der Waals surface area contributed by atoms with Crippen LogP contribution in [0.2, 0.25) is 0 Å². The monoisotopic (exact) mass is 360 g/mol. The molecule has 1 amide bonds. The summed E-state index contributed by atoms with van der Waals surface area (Å²) in [5.74, 6) is -1.01. The summed E-state index contributed by atoms with van der Waals surface area (Å²) in [5, 5.41) is 10.3. The van der Waals surface area contributed by atoms with Crippen LogP contribution in [0.1, 0.15) is 10.4 Å². The number of pyridine rings is 1. The Hall–Kier alpha value is -3.17. The van der Waals surface area contributed by atoms with Crippen molar-refractivity contribution in [3.63, 3.8) is 0 Å². The summed E-state index contributed by atoms with van der Waals surface area (Å²) in [4.78, 5) is 15.0. The number of rotatable bonds is 5. The number of fused-ring (bicyclic) bond motifs is 1. The van der Waals surface area contributed by atoms with Gasteiger partial charge in [-0.1, -0.05) is 30.3 Å². The summed E-state index contributed by atoms with van der Waals surface area (Å²) in [7, 11) is -4.44. The van der Waals surface area contributed by atoms with Crippen LogP contribution in [0.25, 0.3) is 10.8 Å². The van der Waals surface area contributed by atoms with E-state index in [1.54, 1.807) is 12.1 Å². The number of hydrogen-bond donors (Lipinski definition) is 2. The predicted molar refractivity (Wildman–Crippen MR) is 87.6 cm³/mol. The molecule has 2 aromatic carbocycles. The largest absolute Gasteiger partial charge is 0.501 e. The van der Waals surface area contributed by atoms with Gasteiger partial charge in [-0.05, 0) is 29.0 Å². The highest BCUT2D eigenvalue weighted by Crippen LogP contribution is 2.23. The molecule has 9 heteroatoms. The van der Waals surface area contributed by atoms with Gasteiger partial charge < -0.3 is 8.37 Å². The highest BCUT2D eigenvalue weighted by molar-refractivity contribution is 7.82. The van der Waals surface area contributed by atoms with Gasteiger partial charge >= 0.3 is 10.4 Å². The molecule has 0 spiro atoms. The summed E-state index contributed by atoms with van der Waals surface area (Å²) in [6.45, 7) is 0. The number of aromatic nitrogens is 1. The minimum absolute atomic E-state index is 0.0796. The molecule has 25 heavy (non-hydrogen) atoms. The number of benzene rings is 2. The third kappa shape index (κ3) is 4.03. The van der Waals surface area contributed by atoms with E-state index in [1.165, 1.54) is 11.5 Å². The number of nitrogens with one attached hydrogen (secondary N) is 1. The summed E-state index contributed by atoms with van der Waals surface area (Å²) in [6.07, 6.45) is 2.23. The first-order valence-electron chi connectivity index (χ1n) is 6.99. The lowest BCUT2D eigenvalue weighted by molar-refractivity contribution is 0.0705. The number of amides is 1. The molecule has 128 valence electrons. The van der Waals surface area contributed by atoms with Crippen molar-refractivity contribution in [1.29, 1.82) is 0 Å². The van der Waals surface area contributed by atoms with Crippen LogP contribution in [0.4, 0.5) is 0 Å². The first kappa shape index (κ1) is 16.7. The molecule has 0 fully saturated rings. The molecule has 3 rings (SSSR count). The van der Waals surface area contributed by atoms with Crippen LogP contribution in [0, 0.1) is 0 Å². The van der Waals surface area contributed by atoms with Crippen molar-refractivity contribution in [2.24, 2.45) is 0 Å². The van der Waals surface area contributed by atoms with Crippen molar-refractivity contribution < 1.29 is 26.8 Å². The smallest absolute Gasteiger partial charge is 0.353 e. The van der Waals surface area contributed by atoms with Crippen LogP contribution in [-0.4, -0.2) is 24.5 Å². The van der Waals surface area contributed by atoms with Gasteiger partial charge in [0, 0.05) is 6.20 Å². The first-order valence-corrected chi connectivity index (χ1v) is 8.32. The molecule has 1 heterocycles. The molecule has 0 saturated carbocycles. The van der Waals surface area contributed by atoms with Crippen molar-refractivity contribution in [1.82, 2.24) is 10.5 Å². The minimum atomic E-state index is -4.44. The second-order valence-electron chi connectivity index (χ2n) is 4.93. The average molecular weight is 360 g/mol. The number of carbonyl (C=O) groups excluding carboxylic acids is 1. The molecule has 0 aliphatic rings. The molecule has 2 N–H and O–H groups in total. The third-order valence-electron chi connectivity index (χ3n) is 3.19. The predicted octanol–water partition coefficient (Wildman–Crippen LogP) is 2.06. The van der Waals surface area contributed by atoms with Gasteiger partial charge in [0.1, 0.15) is 5.75 Å². The van der Waals surface area contributed by atoms with E-state index < -0.39 is 16.3 Å². The van der Waals surface area contributed by atoms with Gasteiger partial charge in [-0.25, -0.2) is 5.48 Å². The van der Waals surface area contributed by atoms with Gasteiger partial charge in [-0.3, -0.25) is 15.0 Å². The topological polar surface area (TPSA) is 115 Å². The molecule has 3 aromatic rings. The van der Waals surface area contributed by atoms with E-state index in [0.29, 0.717) is 0 Å². The Morgan fingerprint density at radius 2 is 1.68 bits per heavy atom. The highest BCUT2D eigenvalue weighted by Gasteiger charge is 2.17. The van der Waals surface area contributed by atoms with Crippen molar-refractivity contribution in [3.8, 4) is 11.5 Å². The third-order valence-corrected chi connectivity index (χ3v) is 3.99. The second-order valence-corrected chi connectivity index (χ2v) is 6.08. The van der Waals surface area contributed by atoms with Crippen LogP contribution < -0.4 is 13.8 Å². The maximum atomic E-state index is 12.0. The lowest BCUT2D eigenvalue weighted by Crippen LogP contribution is -2.20. The van der Waals surface area contributed by atoms with Crippen molar-refractivity contribution in [2.45, 2.75) is 0 Å². The van der Waals surface area contributed by atoms with Crippen molar-refractivity contribution in [2.75, 3.05) is 0 Å². The molecular weight excluding hydrogens is 348 g/mol. The quantitative estimate of drug-likeness (QED) is 0.528. The van der Waals surface area contributed by atoms with E-state index in [-0.39, 0.29) is 17.1 Å². The van der Waals surface area contributed by atoms with E-state index in [1.807, 2.05) is 24.3 Å². The SMILES string of the molecule is O=C(NO)c1cncc(OS(=O)(=O)Oc2ccc3ccccc3c2)c1. The molecule has 0 saturated heterocycles. The number of hydrogen-bond acceptors (Lipinski definition) is 7. The standard InChI is InChI=1S/C16H12N2O6S/c19-16(18-20)13-8-15(10-17-9-13)24-25(21,22)23-14-6-5-11-3-1-2-4-12(11)7-14/h1-10,20H,(H,18,19). The van der Waals surface area contributed by atoms with Gasteiger partial charge in [0.2, 0.25) is 0 Å². The number of carbonyl (C=O) groups is 1. The minimum Gasteiger partial charge on any atom is -0.353 e. The fourth-order valence-electron chi connectivity index (χ4n) is 2.13. The van der Waals surface area contributed by atoms with E-state index in [4.69, 9.17) is 13.6 Å². The molecule has 1 aromatic heterocycles. The molecule has 0 unspecified atom stereocenters. The Kier molecular flexibility index (Phi) is 4.50. The zero-order valence-corrected chi connectivity index (χ0v) is 13.4. The van der Waals surface area contributed by atoms with Crippen LogP contribution in [0.3, 0.4) is 0 Å². The zero-order chi connectivity index (χ0) is 17.9. The Balaban J connectivity index is 1.80. The van der Waals surface area contributed by atoms with E-state index in [9.17, 15) is 13.2 Å². The van der Waals surface area contributed by atoms with E-state index in [2.05, 4.69) is 4.98 Å². The maximum Gasteiger partial charge on any atom is 0.501 e. The summed E-state index contributed by atoms with van der Waals surface area (Å²) >= 11 is 0. The lowest BCUT2D eigenvalue weighted by atomic mass is 10.1. The second kappa shape index (κ2) is 6.75. The molecule has 0 bridgehead atoms. The Bertz CT molecular complexity index is 1040. The maximum absolute atomic E-state index is 12.0. The summed E-state index contributed by atoms with van der Waals surface area (Å²) in [6, 6.07) is 13.3. The number of hydroxylamine groups is 1. The van der Waals surface area contributed by atoms with Gasteiger partial charge in [0.15, 0.2) is 5.75 Å². The van der Waals surface area contributed by atoms with Gasteiger partial charge in [0.25, 0.3) is 5.91 Å². The van der Waals surface area contributed by atoms with Crippen LogP contribution in [-0.2, 0) is 10.4 Å². The number of nitrogens with zero attached hydrogens (tertiary/aromatic N) is 1. The Morgan fingerprint density at radius 1 is 0.960 bits per heavy atom. The van der Waals surface area contributed by atoms with Crippen LogP contribution >= 0.6 is 0 Å². The Morgan fingerprint density at radius 3 is 2.44 bits per heavy atom. The molecule has 0 radical (unpaired) electrons. The molecule has 8 nitrogen and oxygen atoms in total. The van der Waals surface area contributed by atoms with E-state index >= 15 is 0 Å². The van der Waals surface area contributed by atoms with Gasteiger partial charge in [0.05, 0.1) is 11.8 Å². The normalized spacial score (nSPS) is 11.1. The lowest BCUT2D eigenvalue weighted by Gasteiger charge is -2.09. The average Bonchev–Trinajstić information content (AvgIpc) is 2.60. The summed E-state index contributed by atoms with van der Waals surface area (Å²) < 4.78 is 33.8. The van der Waals surface area contributed by atoms with Crippen LogP contribution in [0.5, 0.6) is 11.5 Å². The fourth-order valence-corrected chi connectivity index (χ4v) is 2.83. The van der Waals surface area contributed by atoms with E-state index in [0.717, 1.165) is 29.2 Å². The molecule has 0 aliphatic heterocycles. The first-order chi connectivity index (χ1) is 12.0. The zero-order valence-electron chi connectivity index (χ0n) is 12.6. The molecule has 0 atom stereocenters. The van der Waals surface area contributed by atoms with Crippen molar-refractivity contribution in [3.05, 3.63) is 66.5 Å². The molecule has 0 aliphatic carbocycles. The fraction of sp³-hybridized carbons (Fsp3) is 0. The van der Waals surface area contributed by atoms with Gasteiger partial charge in [-0.2, -0.15) is 0 Å². The molecular formula is C16H12N2O6S.